The zero-order valence-corrected chi connectivity index (χ0v) is 19.6. The molecule has 4 aromatic heterocycles. The standard InChI is InChI=1S/C21H15F4N7O5S/c22-11-8-13(11)29-19(33)14-10-27-18-15(37-38(35,36)21(23,24)25)9-16(30-32(14)18)28-12-4-3-7-31(20(12)34)17-5-1-2-6-26-17/h1-7,9-11,13H,8H2,(H,28,30)(H,29,33). The van der Waals surface area contributed by atoms with Crippen molar-refractivity contribution in [2.75, 3.05) is 5.32 Å². The monoisotopic (exact) mass is 553 g/mol. The third-order valence-corrected chi connectivity index (χ3v) is 6.25. The molecule has 17 heteroatoms. The molecule has 0 saturated heterocycles. The van der Waals surface area contributed by atoms with Crippen LogP contribution in [0.5, 0.6) is 5.75 Å². The van der Waals surface area contributed by atoms with Crippen LogP contribution in [0, 0.1) is 0 Å². The Morgan fingerprint density at radius 2 is 1.92 bits per heavy atom. The third-order valence-electron chi connectivity index (χ3n) is 5.28. The molecule has 0 bridgehead atoms. The molecular formula is C21H15F4N7O5S. The molecule has 4 aromatic rings. The third kappa shape index (κ3) is 4.74. The number of imidazole rings is 1. The first-order chi connectivity index (χ1) is 17.9. The summed E-state index contributed by atoms with van der Waals surface area (Å²) in [4.78, 5) is 33.4. The number of aromatic nitrogens is 5. The number of anilines is 2. The van der Waals surface area contributed by atoms with Crippen molar-refractivity contribution in [1.29, 1.82) is 0 Å². The molecule has 2 unspecified atom stereocenters. The number of carbonyl (C=O) groups is 1. The molecule has 1 saturated carbocycles. The van der Waals surface area contributed by atoms with E-state index in [1.807, 2.05) is 0 Å². The van der Waals surface area contributed by atoms with E-state index in [2.05, 4.69) is 29.9 Å². The Labute approximate surface area is 210 Å². The van der Waals surface area contributed by atoms with Crippen LogP contribution in [0.1, 0.15) is 16.9 Å². The second-order valence-corrected chi connectivity index (χ2v) is 9.54. The summed E-state index contributed by atoms with van der Waals surface area (Å²) in [6.07, 6.45) is 2.61. The van der Waals surface area contributed by atoms with Crippen molar-refractivity contribution in [3.8, 4) is 11.6 Å². The van der Waals surface area contributed by atoms with Gasteiger partial charge in [0.25, 0.3) is 11.5 Å². The predicted octanol–water partition coefficient (Wildman–Crippen LogP) is 2.09. The molecule has 1 amide bonds. The smallest absolute Gasteiger partial charge is 0.372 e. The molecule has 0 spiro atoms. The van der Waals surface area contributed by atoms with Crippen molar-refractivity contribution >= 4 is 33.2 Å². The van der Waals surface area contributed by atoms with E-state index in [-0.39, 0.29) is 29.4 Å². The molecule has 38 heavy (non-hydrogen) atoms. The summed E-state index contributed by atoms with van der Waals surface area (Å²) in [6, 6.07) is 7.66. The fourth-order valence-corrected chi connectivity index (χ4v) is 3.80. The predicted molar refractivity (Wildman–Crippen MR) is 122 cm³/mol. The van der Waals surface area contributed by atoms with Gasteiger partial charge in [0, 0.05) is 24.9 Å². The van der Waals surface area contributed by atoms with E-state index in [0.29, 0.717) is 4.52 Å². The lowest BCUT2D eigenvalue weighted by molar-refractivity contribution is -0.0499. The number of hydrogen-bond donors (Lipinski definition) is 2. The van der Waals surface area contributed by atoms with Crippen LogP contribution in [0.2, 0.25) is 0 Å². The maximum atomic E-state index is 13.3. The molecule has 4 heterocycles. The number of carbonyl (C=O) groups excluding carboxylic acids is 1. The maximum absolute atomic E-state index is 13.3. The van der Waals surface area contributed by atoms with Crippen molar-refractivity contribution in [2.24, 2.45) is 0 Å². The second kappa shape index (κ2) is 9.09. The molecule has 1 fully saturated rings. The van der Waals surface area contributed by atoms with Gasteiger partial charge in [-0.05, 0) is 24.3 Å². The number of halogens is 4. The average molecular weight is 553 g/mol. The molecule has 0 aromatic carbocycles. The highest BCUT2D eigenvalue weighted by Gasteiger charge is 2.49. The van der Waals surface area contributed by atoms with Gasteiger partial charge in [-0.3, -0.25) is 14.2 Å². The summed E-state index contributed by atoms with van der Waals surface area (Å²) in [7, 11) is -6.14. The summed E-state index contributed by atoms with van der Waals surface area (Å²) < 4.78 is 81.9. The molecule has 0 aliphatic heterocycles. The normalized spacial score (nSPS) is 17.3. The van der Waals surface area contributed by atoms with Gasteiger partial charge in [0.05, 0.1) is 12.2 Å². The lowest BCUT2D eigenvalue weighted by Gasteiger charge is -2.13. The Morgan fingerprint density at radius 1 is 1.16 bits per heavy atom. The fourth-order valence-electron chi connectivity index (χ4n) is 3.34. The summed E-state index contributed by atoms with van der Waals surface area (Å²) in [5, 5.41) is 9.01. The van der Waals surface area contributed by atoms with Crippen molar-refractivity contribution in [1.82, 2.24) is 29.5 Å². The largest absolute Gasteiger partial charge is 0.534 e. The lowest BCUT2D eigenvalue weighted by Crippen LogP contribution is -2.29. The van der Waals surface area contributed by atoms with Crippen LogP contribution in [-0.2, 0) is 10.1 Å². The molecular weight excluding hydrogens is 538 g/mol. The molecule has 0 radical (unpaired) electrons. The fraction of sp³-hybridized carbons (Fsp3) is 0.190. The van der Waals surface area contributed by atoms with Gasteiger partial charge in [-0.1, -0.05) is 6.07 Å². The van der Waals surface area contributed by atoms with Crippen LogP contribution >= 0.6 is 0 Å². The van der Waals surface area contributed by atoms with E-state index in [9.17, 15) is 35.6 Å². The number of hydrogen-bond acceptors (Lipinski definition) is 9. The van der Waals surface area contributed by atoms with Crippen LogP contribution in [-0.4, -0.2) is 56.2 Å². The topological polar surface area (TPSA) is 150 Å². The van der Waals surface area contributed by atoms with E-state index in [1.54, 1.807) is 18.2 Å². The highest BCUT2D eigenvalue weighted by Crippen LogP contribution is 2.31. The van der Waals surface area contributed by atoms with E-state index in [0.717, 1.165) is 12.3 Å². The van der Waals surface area contributed by atoms with Gasteiger partial charge in [-0.25, -0.2) is 18.9 Å². The van der Waals surface area contributed by atoms with Gasteiger partial charge in [0.1, 0.15) is 17.7 Å². The minimum Gasteiger partial charge on any atom is -0.372 e. The first kappa shape index (κ1) is 25.1. The zero-order valence-electron chi connectivity index (χ0n) is 18.8. The van der Waals surface area contributed by atoms with E-state index < -0.39 is 50.7 Å². The van der Waals surface area contributed by atoms with Gasteiger partial charge < -0.3 is 14.8 Å². The summed E-state index contributed by atoms with van der Waals surface area (Å²) in [5.41, 5.74) is -7.44. The summed E-state index contributed by atoms with van der Waals surface area (Å²) >= 11 is 0. The van der Waals surface area contributed by atoms with E-state index >= 15 is 0 Å². The van der Waals surface area contributed by atoms with E-state index in [4.69, 9.17) is 0 Å². The van der Waals surface area contributed by atoms with Gasteiger partial charge in [0.15, 0.2) is 22.9 Å². The molecule has 2 N–H and O–H groups in total. The van der Waals surface area contributed by atoms with Gasteiger partial charge >= 0.3 is 15.6 Å². The second-order valence-electron chi connectivity index (χ2n) is 8.00. The van der Waals surface area contributed by atoms with Gasteiger partial charge in [-0.2, -0.15) is 21.6 Å². The Bertz CT molecular complexity index is 1710. The minimum absolute atomic E-state index is 0.0808. The number of rotatable bonds is 7. The number of alkyl halides is 4. The zero-order chi connectivity index (χ0) is 27.2. The van der Waals surface area contributed by atoms with Crippen LogP contribution in [0.25, 0.3) is 11.5 Å². The average Bonchev–Trinajstić information content (AvgIpc) is 3.37. The molecule has 1 aliphatic rings. The van der Waals surface area contributed by atoms with Gasteiger partial charge in [0.2, 0.25) is 0 Å². The molecule has 198 valence electrons. The summed E-state index contributed by atoms with van der Waals surface area (Å²) in [6.45, 7) is 0. The Hall–Kier alpha value is -4.54. The van der Waals surface area contributed by atoms with Crippen molar-refractivity contribution in [3.63, 3.8) is 0 Å². The lowest BCUT2D eigenvalue weighted by atomic mass is 10.3. The van der Waals surface area contributed by atoms with Crippen LogP contribution < -0.4 is 20.4 Å². The van der Waals surface area contributed by atoms with Crippen LogP contribution in [0.3, 0.4) is 0 Å². The number of amides is 1. The highest BCUT2D eigenvalue weighted by atomic mass is 32.2. The molecule has 12 nitrogen and oxygen atoms in total. The van der Waals surface area contributed by atoms with Crippen LogP contribution in [0.4, 0.5) is 29.1 Å². The number of nitrogens with zero attached hydrogens (tertiary/aromatic N) is 5. The first-order valence-electron chi connectivity index (χ1n) is 10.7. The number of pyridine rings is 2. The molecule has 2 atom stereocenters. The SMILES string of the molecule is O=C(NC1CC1F)c1cnc2c(OS(=O)(=O)C(F)(F)F)cc(Nc3cccn(-c4ccccn4)c3=O)nn12. The number of fused-ring (bicyclic) bond motifs is 1. The first-order valence-corrected chi connectivity index (χ1v) is 12.1. The Morgan fingerprint density at radius 3 is 2.58 bits per heavy atom. The van der Waals surface area contributed by atoms with Gasteiger partial charge in [-0.15, -0.1) is 5.10 Å². The quantitative estimate of drug-likeness (QED) is 0.199. The molecule has 1 aliphatic carbocycles. The van der Waals surface area contributed by atoms with Crippen molar-refractivity contribution in [2.45, 2.75) is 24.1 Å². The number of nitrogens with one attached hydrogen (secondary N) is 2. The molecule has 5 rings (SSSR count). The van der Waals surface area contributed by atoms with Crippen molar-refractivity contribution < 1.29 is 35.0 Å². The Balaban J connectivity index is 1.59. The summed E-state index contributed by atoms with van der Waals surface area (Å²) in [5.74, 6) is -1.91. The van der Waals surface area contributed by atoms with E-state index in [1.165, 1.54) is 29.1 Å². The Kier molecular flexibility index (Phi) is 6.01. The maximum Gasteiger partial charge on any atom is 0.534 e. The minimum atomic E-state index is -6.14. The van der Waals surface area contributed by atoms with Crippen molar-refractivity contribution in [3.05, 3.63) is 71.0 Å². The highest BCUT2D eigenvalue weighted by molar-refractivity contribution is 7.88. The van der Waals surface area contributed by atoms with Crippen LogP contribution in [0.15, 0.2) is 59.8 Å².